The average molecular weight is 369 g/mol. The van der Waals surface area contributed by atoms with Crippen molar-refractivity contribution in [2.24, 2.45) is 0 Å². The molecule has 26 heavy (non-hydrogen) atoms. The monoisotopic (exact) mass is 368 g/mol. The van der Waals surface area contributed by atoms with E-state index in [1.54, 1.807) is 0 Å². The first kappa shape index (κ1) is 17.2. The Hall–Kier alpha value is -2.21. The number of benzene rings is 2. The highest BCUT2D eigenvalue weighted by Crippen LogP contribution is 2.15. The third-order valence-electron chi connectivity index (χ3n) is 4.86. The minimum atomic E-state index is -0.0248. The predicted octanol–water partition coefficient (Wildman–Crippen LogP) is 2.83. The normalized spacial score (nSPS) is 16.2. The molecule has 0 saturated carbocycles. The lowest BCUT2D eigenvalue weighted by molar-refractivity contribution is 0.0999. The molecule has 2 aromatic carbocycles. The summed E-state index contributed by atoms with van der Waals surface area (Å²) in [5.41, 5.74) is 2.11. The Balaban J connectivity index is 1.40. The molecule has 0 bridgehead atoms. The van der Waals surface area contributed by atoms with E-state index in [4.69, 9.17) is 11.6 Å². The Bertz CT molecular complexity index is 963. The van der Waals surface area contributed by atoms with E-state index in [0.717, 1.165) is 48.6 Å². The summed E-state index contributed by atoms with van der Waals surface area (Å²) in [5.74, 6) is 0. The summed E-state index contributed by atoms with van der Waals surface area (Å²) in [6, 6.07) is 15.7. The van der Waals surface area contributed by atoms with Crippen LogP contribution in [0.1, 0.15) is 5.56 Å². The second kappa shape index (κ2) is 7.58. The molecule has 6 heteroatoms. The summed E-state index contributed by atoms with van der Waals surface area (Å²) in [7, 11) is 0. The topological polar surface area (TPSA) is 41.4 Å². The first-order valence-corrected chi connectivity index (χ1v) is 9.21. The molecule has 134 valence electrons. The molecule has 3 aromatic rings. The number of halogens is 1. The van der Waals surface area contributed by atoms with E-state index in [1.165, 1.54) is 11.8 Å². The average Bonchev–Trinajstić information content (AvgIpc) is 2.66. The molecule has 0 spiro atoms. The van der Waals surface area contributed by atoms with Crippen molar-refractivity contribution in [3.63, 3.8) is 0 Å². The van der Waals surface area contributed by atoms with Crippen molar-refractivity contribution >= 4 is 22.5 Å². The van der Waals surface area contributed by atoms with Crippen molar-refractivity contribution in [2.75, 3.05) is 26.2 Å². The number of fused-ring (bicyclic) bond motifs is 1. The highest BCUT2D eigenvalue weighted by atomic mass is 35.5. The van der Waals surface area contributed by atoms with Crippen molar-refractivity contribution in [2.45, 2.75) is 13.2 Å². The first-order chi connectivity index (χ1) is 12.7. The molecule has 0 unspecified atom stereocenters. The molecule has 0 atom stereocenters. The molecular formula is C20H21ClN4O. The molecular weight excluding hydrogens is 348 g/mol. The van der Waals surface area contributed by atoms with Crippen LogP contribution in [0, 0.1) is 0 Å². The highest BCUT2D eigenvalue weighted by Gasteiger charge is 2.18. The van der Waals surface area contributed by atoms with E-state index in [2.05, 4.69) is 21.0 Å². The zero-order valence-electron chi connectivity index (χ0n) is 14.5. The Kier molecular flexibility index (Phi) is 5.02. The molecule has 1 fully saturated rings. The van der Waals surface area contributed by atoms with Crippen LogP contribution in [0.25, 0.3) is 10.9 Å². The Morgan fingerprint density at radius 2 is 1.73 bits per heavy atom. The Morgan fingerprint density at radius 1 is 0.962 bits per heavy atom. The van der Waals surface area contributed by atoms with Gasteiger partial charge in [0.25, 0.3) is 0 Å². The minimum absolute atomic E-state index is 0.0248. The van der Waals surface area contributed by atoms with Gasteiger partial charge in [-0.3, -0.25) is 19.3 Å². The fraction of sp³-hybridized carbons (Fsp3) is 0.300. The number of nitrogens with zero attached hydrogens (tertiary/aromatic N) is 4. The summed E-state index contributed by atoms with van der Waals surface area (Å²) < 4.78 is 1.92. The Labute approximate surface area is 157 Å². The minimum Gasteiger partial charge on any atom is -0.297 e. The molecule has 5 nitrogen and oxygen atoms in total. The highest BCUT2D eigenvalue weighted by molar-refractivity contribution is 6.30. The van der Waals surface area contributed by atoms with Gasteiger partial charge in [-0.15, -0.1) is 0 Å². The number of rotatable bonds is 4. The van der Waals surface area contributed by atoms with Gasteiger partial charge in [0.05, 0.1) is 18.4 Å². The maximum Gasteiger partial charge on any atom is 0.207 e. The fourth-order valence-corrected chi connectivity index (χ4v) is 3.66. The summed E-state index contributed by atoms with van der Waals surface area (Å²) in [6.45, 7) is 5.58. The van der Waals surface area contributed by atoms with Crippen LogP contribution in [0.4, 0.5) is 0 Å². The van der Waals surface area contributed by atoms with Gasteiger partial charge in [-0.1, -0.05) is 35.9 Å². The largest absolute Gasteiger partial charge is 0.297 e. The molecule has 0 N–H and O–H groups in total. The second-order valence-electron chi connectivity index (χ2n) is 6.69. The van der Waals surface area contributed by atoms with Gasteiger partial charge in [0, 0.05) is 43.1 Å². The van der Waals surface area contributed by atoms with Gasteiger partial charge < -0.3 is 0 Å². The van der Waals surface area contributed by atoms with E-state index < -0.39 is 0 Å². The van der Waals surface area contributed by atoms with Crippen molar-refractivity contribution in [1.29, 1.82) is 0 Å². The molecule has 0 aliphatic carbocycles. The van der Waals surface area contributed by atoms with Gasteiger partial charge in [0.1, 0.15) is 0 Å². The van der Waals surface area contributed by atoms with E-state index in [9.17, 15) is 4.79 Å². The lowest BCUT2D eigenvalue weighted by atomic mass is 10.2. The van der Waals surface area contributed by atoms with Crippen LogP contribution >= 0.6 is 11.6 Å². The summed E-state index contributed by atoms with van der Waals surface area (Å²) in [6.07, 6.45) is 1.41. The van der Waals surface area contributed by atoms with E-state index >= 15 is 0 Å². The van der Waals surface area contributed by atoms with Crippen LogP contribution in [0.2, 0.25) is 5.02 Å². The molecule has 1 aliphatic rings. The zero-order chi connectivity index (χ0) is 17.9. The standard InChI is InChI=1S/C20H21ClN4O/c21-17-5-3-4-16(12-17)14-23-8-10-24(11-9-23)15-25-19-7-2-1-6-18(19)20(26)13-22-25/h1-7,12-13H,8-11,14-15H2. The van der Waals surface area contributed by atoms with Gasteiger partial charge in [-0.25, -0.2) is 0 Å². The molecule has 1 aliphatic heterocycles. The van der Waals surface area contributed by atoms with E-state index in [-0.39, 0.29) is 5.43 Å². The third kappa shape index (κ3) is 3.80. The Morgan fingerprint density at radius 3 is 2.54 bits per heavy atom. The molecule has 4 rings (SSSR count). The van der Waals surface area contributed by atoms with E-state index in [1.807, 2.05) is 47.1 Å². The van der Waals surface area contributed by atoms with Gasteiger partial charge in [0.15, 0.2) is 0 Å². The van der Waals surface area contributed by atoms with Crippen LogP contribution in [0.3, 0.4) is 0 Å². The lowest BCUT2D eigenvalue weighted by Gasteiger charge is -2.34. The fourth-order valence-electron chi connectivity index (χ4n) is 3.45. The maximum atomic E-state index is 12.0. The van der Waals surface area contributed by atoms with Crippen LogP contribution < -0.4 is 5.43 Å². The van der Waals surface area contributed by atoms with Crippen molar-refractivity contribution in [3.8, 4) is 0 Å². The molecule has 0 radical (unpaired) electrons. The molecule has 2 heterocycles. The zero-order valence-corrected chi connectivity index (χ0v) is 15.3. The molecule has 1 saturated heterocycles. The summed E-state index contributed by atoms with van der Waals surface area (Å²) in [5, 5.41) is 5.84. The number of hydrogen-bond donors (Lipinski definition) is 0. The van der Waals surface area contributed by atoms with Crippen molar-refractivity contribution in [1.82, 2.24) is 19.6 Å². The molecule has 1 aromatic heterocycles. The smallest absolute Gasteiger partial charge is 0.207 e. The predicted molar refractivity (Wildman–Crippen MR) is 104 cm³/mol. The lowest BCUT2D eigenvalue weighted by Crippen LogP contribution is -2.46. The van der Waals surface area contributed by atoms with Crippen LogP contribution in [-0.4, -0.2) is 45.8 Å². The van der Waals surface area contributed by atoms with Crippen molar-refractivity contribution in [3.05, 3.63) is 75.5 Å². The number of para-hydroxylation sites is 1. The van der Waals surface area contributed by atoms with Crippen LogP contribution in [0.15, 0.2) is 59.5 Å². The second-order valence-corrected chi connectivity index (χ2v) is 7.13. The first-order valence-electron chi connectivity index (χ1n) is 8.83. The summed E-state index contributed by atoms with van der Waals surface area (Å²) >= 11 is 6.08. The van der Waals surface area contributed by atoms with Gasteiger partial charge in [0.2, 0.25) is 5.43 Å². The quantitative estimate of drug-likeness (QED) is 0.710. The van der Waals surface area contributed by atoms with Gasteiger partial charge in [-0.05, 0) is 29.8 Å². The number of piperazine rings is 1. The van der Waals surface area contributed by atoms with Crippen molar-refractivity contribution < 1.29 is 0 Å². The molecule has 0 amide bonds. The SMILES string of the molecule is O=c1cnn(CN2CCN(Cc3cccc(Cl)c3)CC2)c2ccccc12. The van der Waals surface area contributed by atoms with Gasteiger partial charge in [-0.2, -0.15) is 5.10 Å². The van der Waals surface area contributed by atoms with Crippen LogP contribution in [0.5, 0.6) is 0 Å². The van der Waals surface area contributed by atoms with Crippen LogP contribution in [-0.2, 0) is 13.2 Å². The number of hydrogen-bond acceptors (Lipinski definition) is 4. The summed E-state index contributed by atoms with van der Waals surface area (Å²) in [4.78, 5) is 16.8. The van der Waals surface area contributed by atoms with E-state index in [0.29, 0.717) is 6.67 Å². The maximum absolute atomic E-state index is 12.0. The number of aromatic nitrogens is 2. The third-order valence-corrected chi connectivity index (χ3v) is 5.09. The van der Waals surface area contributed by atoms with Gasteiger partial charge >= 0.3 is 0 Å².